The van der Waals surface area contributed by atoms with Gasteiger partial charge in [-0.25, -0.2) is 0 Å². The standard InChI is InChI=1S/C13H22N4O.2ClH/c1-10(9-17-7-3-6-15-17)16-13(18)11-4-2-5-12(14)8-11;;/h3,6-7,10-12H,2,4-5,8-9,14H2,1H3,(H,16,18);2*1H. The molecular formula is C13H24Cl2N4O. The van der Waals surface area contributed by atoms with Crippen LogP contribution in [0.1, 0.15) is 32.6 Å². The molecule has 1 heterocycles. The molecule has 3 N–H and O–H groups in total. The summed E-state index contributed by atoms with van der Waals surface area (Å²) in [5, 5.41) is 7.19. The van der Waals surface area contributed by atoms with E-state index in [0.717, 1.165) is 25.7 Å². The van der Waals surface area contributed by atoms with Crippen molar-refractivity contribution in [3.63, 3.8) is 0 Å². The first kappa shape index (κ1) is 19.2. The van der Waals surface area contributed by atoms with Crippen molar-refractivity contribution in [3.8, 4) is 0 Å². The molecule has 0 spiro atoms. The van der Waals surface area contributed by atoms with Crippen LogP contribution >= 0.6 is 24.8 Å². The molecule has 5 nitrogen and oxygen atoms in total. The smallest absolute Gasteiger partial charge is 0.223 e. The predicted molar refractivity (Wildman–Crippen MR) is 84.3 cm³/mol. The molecule has 2 rings (SSSR count). The third-order valence-electron chi connectivity index (χ3n) is 3.49. The number of hydrogen-bond acceptors (Lipinski definition) is 3. The van der Waals surface area contributed by atoms with E-state index in [1.54, 1.807) is 6.20 Å². The lowest BCUT2D eigenvalue weighted by molar-refractivity contribution is -0.126. The fourth-order valence-electron chi connectivity index (χ4n) is 2.56. The molecule has 1 aromatic heterocycles. The molecule has 1 amide bonds. The molecule has 0 radical (unpaired) electrons. The zero-order valence-corrected chi connectivity index (χ0v) is 13.3. The average Bonchev–Trinajstić information content (AvgIpc) is 2.81. The molecular weight excluding hydrogens is 299 g/mol. The molecule has 1 aliphatic rings. The van der Waals surface area contributed by atoms with Crippen LogP contribution in [0, 0.1) is 5.92 Å². The third-order valence-corrected chi connectivity index (χ3v) is 3.49. The van der Waals surface area contributed by atoms with E-state index in [4.69, 9.17) is 5.73 Å². The highest BCUT2D eigenvalue weighted by Gasteiger charge is 2.25. The Labute approximate surface area is 132 Å². The molecule has 116 valence electrons. The molecule has 20 heavy (non-hydrogen) atoms. The van der Waals surface area contributed by atoms with Crippen molar-refractivity contribution >= 4 is 30.7 Å². The summed E-state index contributed by atoms with van der Waals surface area (Å²) in [5.74, 6) is 0.235. The van der Waals surface area contributed by atoms with Crippen LogP contribution in [0.25, 0.3) is 0 Å². The van der Waals surface area contributed by atoms with Crippen LogP contribution in [0.5, 0.6) is 0 Å². The van der Waals surface area contributed by atoms with Crippen LogP contribution in [-0.2, 0) is 11.3 Å². The Bertz CT molecular complexity index is 386. The van der Waals surface area contributed by atoms with Crippen molar-refractivity contribution in [1.82, 2.24) is 15.1 Å². The number of amides is 1. The maximum absolute atomic E-state index is 12.1. The fraction of sp³-hybridized carbons (Fsp3) is 0.692. The lowest BCUT2D eigenvalue weighted by Crippen LogP contribution is -2.42. The van der Waals surface area contributed by atoms with Gasteiger partial charge in [-0.15, -0.1) is 24.8 Å². The number of hydrogen-bond donors (Lipinski definition) is 2. The molecule has 3 unspecified atom stereocenters. The Kier molecular flexibility index (Phi) is 8.85. The molecule has 0 saturated heterocycles. The summed E-state index contributed by atoms with van der Waals surface area (Å²) in [6.45, 7) is 2.71. The number of halogens is 2. The van der Waals surface area contributed by atoms with Crippen LogP contribution in [0.4, 0.5) is 0 Å². The minimum absolute atomic E-state index is 0. The Morgan fingerprint density at radius 1 is 1.50 bits per heavy atom. The van der Waals surface area contributed by atoms with Crippen molar-refractivity contribution in [3.05, 3.63) is 18.5 Å². The van der Waals surface area contributed by atoms with Crippen molar-refractivity contribution < 1.29 is 4.79 Å². The van der Waals surface area contributed by atoms with Crippen LogP contribution in [-0.4, -0.2) is 27.8 Å². The first-order valence-electron chi connectivity index (χ1n) is 6.68. The Morgan fingerprint density at radius 2 is 2.25 bits per heavy atom. The second kappa shape index (κ2) is 9.21. The highest BCUT2D eigenvalue weighted by molar-refractivity contribution is 5.85. The van der Waals surface area contributed by atoms with E-state index >= 15 is 0 Å². The first-order chi connectivity index (χ1) is 8.65. The Hall–Kier alpha value is -0.780. The van der Waals surface area contributed by atoms with Crippen molar-refractivity contribution in [2.45, 2.75) is 51.2 Å². The summed E-state index contributed by atoms with van der Waals surface area (Å²) in [6.07, 6.45) is 7.54. The summed E-state index contributed by atoms with van der Waals surface area (Å²) in [6, 6.07) is 2.17. The van der Waals surface area contributed by atoms with Gasteiger partial charge in [0.05, 0.1) is 6.54 Å². The zero-order chi connectivity index (χ0) is 13.0. The van der Waals surface area contributed by atoms with Gasteiger partial charge < -0.3 is 11.1 Å². The highest BCUT2D eigenvalue weighted by Crippen LogP contribution is 2.23. The average molecular weight is 323 g/mol. The number of aromatic nitrogens is 2. The molecule has 0 bridgehead atoms. The van der Waals surface area contributed by atoms with E-state index in [9.17, 15) is 4.79 Å². The van der Waals surface area contributed by atoms with Gasteiger partial charge in [0, 0.05) is 30.4 Å². The zero-order valence-electron chi connectivity index (χ0n) is 11.7. The second-order valence-electron chi connectivity index (χ2n) is 5.26. The molecule has 3 atom stereocenters. The van der Waals surface area contributed by atoms with Crippen LogP contribution in [0.15, 0.2) is 18.5 Å². The SMILES string of the molecule is CC(Cn1cccn1)NC(=O)C1CCCC(N)C1.Cl.Cl. The van der Waals surface area contributed by atoms with Crippen LogP contribution < -0.4 is 11.1 Å². The quantitative estimate of drug-likeness (QED) is 0.887. The minimum atomic E-state index is 0. The van der Waals surface area contributed by atoms with Crippen molar-refractivity contribution in [2.24, 2.45) is 11.7 Å². The summed E-state index contributed by atoms with van der Waals surface area (Å²) in [4.78, 5) is 12.1. The lowest BCUT2D eigenvalue weighted by atomic mass is 9.85. The number of nitrogens with zero attached hydrogens (tertiary/aromatic N) is 2. The summed E-state index contributed by atoms with van der Waals surface area (Å²) < 4.78 is 1.83. The number of rotatable bonds is 4. The van der Waals surface area contributed by atoms with Gasteiger partial charge in [0.1, 0.15) is 0 Å². The minimum Gasteiger partial charge on any atom is -0.352 e. The van der Waals surface area contributed by atoms with Crippen molar-refractivity contribution in [1.29, 1.82) is 0 Å². The van der Waals surface area contributed by atoms with Gasteiger partial charge in [0.25, 0.3) is 0 Å². The highest BCUT2D eigenvalue weighted by atomic mass is 35.5. The first-order valence-corrected chi connectivity index (χ1v) is 6.68. The van der Waals surface area contributed by atoms with Gasteiger partial charge in [-0.2, -0.15) is 5.10 Å². The summed E-state index contributed by atoms with van der Waals surface area (Å²) >= 11 is 0. The molecule has 1 aliphatic carbocycles. The maximum Gasteiger partial charge on any atom is 0.223 e. The Morgan fingerprint density at radius 3 is 2.85 bits per heavy atom. The summed E-state index contributed by atoms with van der Waals surface area (Å²) in [7, 11) is 0. The van der Waals surface area contributed by atoms with E-state index in [0.29, 0.717) is 6.54 Å². The van der Waals surface area contributed by atoms with Gasteiger partial charge in [-0.1, -0.05) is 6.42 Å². The van der Waals surface area contributed by atoms with Crippen LogP contribution in [0.2, 0.25) is 0 Å². The van der Waals surface area contributed by atoms with Crippen molar-refractivity contribution in [2.75, 3.05) is 0 Å². The van der Waals surface area contributed by atoms with Gasteiger partial charge in [-0.05, 0) is 32.3 Å². The number of nitrogens with one attached hydrogen (secondary N) is 1. The summed E-state index contributed by atoms with van der Waals surface area (Å²) in [5.41, 5.74) is 5.91. The second-order valence-corrected chi connectivity index (χ2v) is 5.26. The maximum atomic E-state index is 12.1. The molecule has 1 saturated carbocycles. The predicted octanol–water partition coefficient (Wildman–Crippen LogP) is 1.75. The number of nitrogens with two attached hydrogens (primary N) is 1. The van der Waals surface area contributed by atoms with E-state index in [-0.39, 0.29) is 48.7 Å². The van der Waals surface area contributed by atoms with E-state index in [1.165, 1.54) is 0 Å². The molecule has 1 fully saturated rings. The number of carbonyl (C=O) groups is 1. The molecule has 0 aliphatic heterocycles. The van der Waals surface area contributed by atoms with Crippen LogP contribution in [0.3, 0.4) is 0 Å². The molecule has 7 heteroatoms. The van der Waals surface area contributed by atoms with Gasteiger partial charge in [0.2, 0.25) is 5.91 Å². The molecule has 1 aromatic rings. The van der Waals surface area contributed by atoms with E-state index in [2.05, 4.69) is 10.4 Å². The molecule has 0 aromatic carbocycles. The van der Waals surface area contributed by atoms with Gasteiger partial charge in [-0.3, -0.25) is 9.48 Å². The topological polar surface area (TPSA) is 72.9 Å². The monoisotopic (exact) mass is 322 g/mol. The fourth-order valence-corrected chi connectivity index (χ4v) is 2.56. The Balaban J connectivity index is 0.00000180. The third kappa shape index (κ3) is 5.69. The number of carbonyl (C=O) groups excluding carboxylic acids is 1. The van der Waals surface area contributed by atoms with E-state index in [1.807, 2.05) is 23.9 Å². The van der Waals surface area contributed by atoms with E-state index < -0.39 is 0 Å². The van der Waals surface area contributed by atoms with Gasteiger partial charge in [0.15, 0.2) is 0 Å². The van der Waals surface area contributed by atoms with Gasteiger partial charge >= 0.3 is 0 Å². The normalized spacial score (nSPS) is 23.1. The largest absolute Gasteiger partial charge is 0.352 e. The lowest BCUT2D eigenvalue weighted by Gasteiger charge is -2.27.